The van der Waals surface area contributed by atoms with Gasteiger partial charge in [0.2, 0.25) is 0 Å². The van der Waals surface area contributed by atoms with Crippen LogP contribution in [0.3, 0.4) is 0 Å². The van der Waals surface area contributed by atoms with Crippen LogP contribution in [-0.2, 0) is 13.1 Å². The van der Waals surface area contributed by atoms with Gasteiger partial charge in [0.05, 0.1) is 20.3 Å². The first-order chi connectivity index (χ1) is 12.8. The maximum atomic E-state index is 8.88. The molecule has 2 aromatic rings. The van der Waals surface area contributed by atoms with Crippen molar-refractivity contribution in [3.8, 4) is 11.5 Å². The van der Waals surface area contributed by atoms with Gasteiger partial charge in [0.15, 0.2) is 17.5 Å². The molecule has 0 saturated heterocycles. The second kappa shape index (κ2) is 13.2. The van der Waals surface area contributed by atoms with Crippen molar-refractivity contribution < 1.29 is 14.6 Å². The summed E-state index contributed by atoms with van der Waals surface area (Å²) in [6.45, 7) is 4.26. The summed E-state index contributed by atoms with van der Waals surface area (Å²) in [6.07, 6.45) is 0. The highest BCUT2D eigenvalue weighted by atomic mass is 127. The number of aliphatic hydroxyl groups is 1. The lowest BCUT2D eigenvalue weighted by molar-refractivity contribution is 0.196. The molecule has 0 radical (unpaired) electrons. The number of aliphatic imine (C=N–C) groups is 1. The lowest BCUT2D eigenvalue weighted by Crippen LogP contribution is -2.36. The molecule has 0 fully saturated rings. The number of halogens is 1. The smallest absolute Gasteiger partial charge is 0.191 e. The third kappa shape index (κ3) is 8.04. The fourth-order valence-electron chi connectivity index (χ4n) is 2.38. The number of guanidine groups is 1. The summed E-state index contributed by atoms with van der Waals surface area (Å²) in [4.78, 5) is 4.62. The van der Waals surface area contributed by atoms with E-state index in [0.29, 0.717) is 24.6 Å². The molecular formula is C20H28IN3O3. The van der Waals surface area contributed by atoms with E-state index in [-0.39, 0.29) is 37.2 Å². The van der Waals surface area contributed by atoms with Crippen molar-refractivity contribution in [2.45, 2.75) is 20.0 Å². The third-order valence-corrected chi connectivity index (χ3v) is 3.64. The zero-order valence-electron chi connectivity index (χ0n) is 15.8. The van der Waals surface area contributed by atoms with Gasteiger partial charge in [-0.2, -0.15) is 0 Å². The average Bonchev–Trinajstić information content (AvgIpc) is 2.69. The molecule has 3 N–H and O–H groups in total. The van der Waals surface area contributed by atoms with Gasteiger partial charge >= 0.3 is 0 Å². The number of ether oxygens (including phenoxy) is 2. The predicted octanol–water partition coefficient (Wildman–Crippen LogP) is 2.94. The van der Waals surface area contributed by atoms with E-state index in [4.69, 9.17) is 14.6 Å². The minimum Gasteiger partial charge on any atom is -0.493 e. The van der Waals surface area contributed by atoms with Gasteiger partial charge in [-0.25, -0.2) is 4.99 Å². The molecule has 0 bridgehead atoms. The third-order valence-electron chi connectivity index (χ3n) is 3.64. The SMILES string of the molecule is CCNC(=NCc1ccc(OCCO)c(OC)c1)NCc1ccccc1.I. The highest BCUT2D eigenvalue weighted by Gasteiger charge is 2.06. The van der Waals surface area contributed by atoms with Crippen molar-refractivity contribution in [2.75, 3.05) is 26.9 Å². The Kier molecular flexibility index (Phi) is 11.3. The van der Waals surface area contributed by atoms with E-state index in [1.165, 1.54) is 5.56 Å². The van der Waals surface area contributed by atoms with Crippen molar-refractivity contribution >= 4 is 29.9 Å². The molecule has 0 aliphatic rings. The first-order valence-corrected chi connectivity index (χ1v) is 8.73. The maximum absolute atomic E-state index is 8.88. The summed E-state index contributed by atoms with van der Waals surface area (Å²) >= 11 is 0. The van der Waals surface area contributed by atoms with Crippen LogP contribution in [0.5, 0.6) is 11.5 Å². The monoisotopic (exact) mass is 485 g/mol. The van der Waals surface area contributed by atoms with Gasteiger partial charge in [-0.1, -0.05) is 36.4 Å². The van der Waals surface area contributed by atoms with Crippen LogP contribution < -0.4 is 20.1 Å². The summed E-state index contributed by atoms with van der Waals surface area (Å²) in [5, 5.41) is 15.5. The molecule has 0 spiro atoms. The van der Waals surface area contributed by atoms with Crippen LogP contribution in [0.2, 0.25) is 0 Å². The van der Waals surface area contributed by atoms with Crippen molar-refractivity contribution in [2.24, 2.45) is 4.99 Å². The number of aliphatic hydroxyl groups excluding tert-OH is 1. The largest absolute Gasteiger partial charge is 0.493 e. The summed E-state index contributed by atoms with van der Waals surface area (Å²) < 4.78 is 10.8. The molecule has 2 rings (SSSR count). The zero-order chi connectivity index (χ0) is 18.6. The highest BCUT2D eigenvalue weighted by Crippen LogP contribution is 2.28. The topological polar surface area (TPSA) is 75.1 Å². The molecule has 0 aliphatic carbocycles. The van der Waals surface area contributed by atoms with Crippen molar-refractivity contribution in [3.63, 3.8) is 0 Å². The number of nitrogens with zero attached hydrogens (tertiary/aromatic N) is 1. The number of methoxy groups -OCH3 is 1. The number of rotatable bonds is 9. The fraction of sp³-hybridized carbons (Fsp3) is 0.350. The second-order valence-corrected chi connectivity index (χ2v) is 5.59. The number of benzene rings is 2. The fourth-order valence-corrected chi connectivity index (χ4v) is 2.38. The summed E-state index contributed by atoms with van der Waals surface area (Å²) in [7, 11) is 1.60. The van der Waals surface area contributed by atoms with Gasteiger partial charge < -0.3 is 25.2 Å². The highest BCUT2D eigenvalue weighted by molar-refractivity contribution is 14.0. The number of hydrogen-bond donors (Lipinski definition) is 3. The zero-order valence-corrected chi connectivity index (χ0v) is 18.1. The van der Waals surface area contributed by atoms with Crippen LogP contribution in [0.1, 0.15) is 18.1 Å². The lowest BCUT2D eigenvalue weighted by Gasteiger charge is -2.13. The predicted molar refractivity (Wildman–Crippen MR) is 119 cm³/mol. The van der Waals surface area contributed by atoms with Crippen LogP contribution in [0.25, 0.3) is 0 Å². The number of hydrogen-bond acceptors (Lipinski definition) is 4. The van der Waals surface area contributed by atoms with Gasteiger partial charge in [-0.05, 0) is 30.2 Å². The number of nitrogens with one attached hydrogen (secondary N) is 2. The molecule has 0 saturated carbocycles. The minimum atomic E-state index is -0.0334. The Morgan fingerprint density at radius 1 is 1.04 bits per heavy atom. The molecule has 0 unspecified atom stereocenters. The van der Waals surface area contributed by atoms with Crippen LogP contribution >= 0.6 is 24.0 Å². The molecule has 148 valence electrons. The van der Waals surface area contributed by atoms with Gasteiger partial charge in [0.1, 0.15) is 6.61 Å². The molecule has 6 nitrogen and oxygen atoms in total. The summed E-state index contributed by atoms with van der Waals surface area (Å²) in [5.41, 5.74) is 2.21. The Labute approximate surface area is 178 Å². The van der Waals surface area contributed by atoms with E-state index < -0.39 is 0 Å². The molecule has 0 heterocycles. The molecule has 27 heavy (non-hydrogen) atoms. The lowest BCUT2D eigenvalue weighted by atomic mass is 10.2. The standard InChI is InChI=1S/C20H27N3O3.HI/c1-3-21-20(22-14-16-7-5-4-6-8-16)23-15-17-9-10-18(26-12-11-24)19(13-17)25-2;/h4-10,13,24H,3,11-12,14-15H2,1-2H3,(H2,21,22,23);1H. The Balaban J connectivity index is 0.00000364. The molecular weight excluding hydrogens is 457 g/mol. The first kappa shape index (κ1) is 23.0. The molecule has 0 aliphatic heterocycles. The Bertz CT molecular complexity index is 696. The molecule has 0 atom stereocenters. The van der Waals surface area contributed by atoms with E-state index in [2.05, 4.69) is 27.8 Å². The van der Waals surface area contributed by atoms with E-state index in [1.54, 1.807) is 7.11 Å². The quantitative estimate of drug-likeness (QED) is 0.290. The van der Waals surface area contributed by atoms with Crippen LogP contribution in [0.15, 0.2) is 53.5 Å². The van der Waals surface area contributed by atoms with Crippen LogP contribution in [0.4, 0.5) is 0 Å². The van der Waals surface area contributed by atoms with Gasteiger partial charge in [-0.15, -0.1) is 24.0 Å². The normalized spacial score (nSPS) is 10.7. The minimum absolute atomic E-state index is 0. The van der Waals surface area contributed by atoms with E-state index in [9.17, 15) is 0 Å². The van der Waals surface area contributed by atoms with E-state index in [1.807, 2.05) is 43.3 Å². The Morgan fingerprint density at radius 3 is 2.48 bits per heavy atom. The summed E-state index contributed by atoms with van der Waals surface area (Å²) in [5.74, 6) is 2.01. The molecule has 0 aromatic heterocycles. The van der Waals surface area contributed by atoms with Crippen LogP contribution in [-0.4, -0.2) is 37.9 Å². The van der Waals surface area contributed by atoms with Gasteiger partial charge in [0, 0.05) is 13.1 Å². The molecule has 0 amide bonds. The van der Waals surface area contributed by atoms with Crippen molar-refractivity contribution in [1.29, 1.82) is 0 Å². The Hall–Kier alpha value is -2.00. The Morgan fingerprint density at radius 2 is 1.81 bits per heavy atom. The van der Waals surface area contributed by atoms with E-state index in [0.717, 1.165) is 18.1 Å². The summed E-state index contributed by atoms with van der Waals surface area (Å²) in [6, 6.07) is 15.9. The average molecular weight is 485 g/mol. The van der Waals surface area contributed by atoms with Crippen molar-refractivity contribution in [3.05, 3.63) is 59.7 Å². The van der Waals surface area contributed by atoms with Crippen molar-refractivity contribution in [1.82, 2.24) is 10.6 Å². The van der Waals surface area contributed by atoms with Gasteiger partial charge in [0.25, 0.3) is 0 Å². The second-order valence-electron chi connectivity index (χ2n) is 5.59. The first-order valence-electron chi connectivity index (χ1n) is 8.73. The molecule has 7 heteroatoms. The maximum Gasteiger partial charge on any atom is 0.191 e. The van der Waals surface area contributed by atoms with Crippen LogP contribution in [0, 0.1) is 0 Å². The van der Waals surface area contributed by atoms with E-state index >= 15 is 0 Å². The molecule has 2 aromatic carbocycles. The van der Waals surface area contributed by atoms with Gasteiger partial charge in [-0.3, -0.25) is 0 Å².